The number of ketones is 1. The molecule has 6 nitrogen and oxygen atoms in total. The summed E-state index contributed by atoms with van der Waals surface area (Å²) in [6, 6.07) is 18.7. The minimum absolute atomic E-state index is 0.118. The van der Waals surface area contributed by atoms with Crippen LogP contribution in [0.1, 0.15) is 41.4 Å². The summed E-state index contributed by atoms with van der Waals surface area (Å²) >= 11 is 5.79. The molecule has 0 saturated heterocycles. The topological polar surface area (TPSA) is 80.8 Å². The Hall–Kier alpha value is -3.77. The van der Waals surface area contributed by atoms with Gasteiger partial charge in [0.15, 0.2) is 12.4 Å². The molecule has 1 heterocycles. The largest absolute Gasteiger partial charge is 0.454 e. The van der Waals surface area contributed by atoms with Gasteiger partial charge in [-0.2, -0.15) is 0 Å². The van der Waals surface area contributed by atoms with Crippen LogP contribution in [0.5, 0.6) is 0 Å². The van der Waals surface area contributed by atoms with Crippen molar-refractivity contribution in [1.29, 1.82) is 0 Å². The van der Waals surface area contributed by atoms with Gasteiger partial charge < -0.3 is 4.74 Å². The van der Waals surface area contributed by atoms with Crippen LogP contribution >= 0.6 is 11.6 Å². The Morgan fingerprint density at radius 3 is 2.07 bits per heavy atom. The Kier molecular flexibility index (Phi) is 5.16. The van der Waals surface area contributed by atoms with E-state index in [9.17, 15) is 19.2 Å². The number of nitrogens with zero attached hydrogens (tertiary/aromatic N) is 1. The number of benzene rings is 3. The summed E-state index contributed by atoms with van der Waals surface area (Å²) in [5.41, 5.74) is 1.35. The Labute approximate surface area is 176 Å². The van der Waals surface area contributed by atoms with Crippen molar-refractivity contribution in [3.05, 3.63) is 100 Å². The Bertz CT molecular complexity index is 1150. The Balaban J connectivity index is 1.49. The predicted molar refractivity (Wildman–Crippen MR) is 110 cm³/mol. The predicted octanol–water partition coefficient (Wildman–Crippen LogP) is 4.18. The third-order valence-electron chi connectivity index (χ3n) is 4.63. The molecule has 2 amide bonds. The van der Waals surface area contributed by atoms with Crippen molar-refractivity contribution in [2.75, 3.05) is 11.5 Å². The van der Waals surface area contributed by atoms with Gasteiger partial charge in [0.25, 0.3) is 11.8 Å². The number of esters is 1. The lowest BCUT2D eigenvalue weighted by Crippen LogP contribution is -2.29. The van der Waals surface area contributed by atoms with Crippen LogP contribution in [0, 0.1) is 0 Å². The van der Waals surface area contributed by atoms with Crippen molar-refractivity contribution < 1.29 is 23.9 Å². The number of carbonyl (C=O) groups excluding carboxylic acids is 4. The lowest BCUT2D eigenvalue weighted by molar-refractivity contribution is 0.0474. The number of anilines is 1. The van der Waals surface area contributed by atoms with Crippen molar-refractivity contribution in [3.63, 3.8) is 0 Å². The zero-order chi connectivity index (χ0) is 21.3. The van der Waals surface area contributed by atoms with Crippen molar-refractivity contribution in [2.24, 2.45) is 0 Å². The minimum Gasteiger partial charge on any atom is -0.454 e. The van der Waals surface area contributed by atoms with Gasteiger partial charge in [-0.25, -0.2) is 9.69 Å². The lowest BCUT2D eigenvalue weighted by Gasteiger charge is -2.14. The number of hydrogen-bond acceptors (Lipinski definition) is 5. The zero-order valence-electron chi connectivity index (χ0n) is 15.5. The molecule has 0 N–H and O–H groups in total. The molecule has 148 valence electrons. The van der Waals surface area contributed by atoms with Crippen LogP contribution in [0.3, 0.4) is 0 Å². The van der Waals surface area contributed by atoms with E-state index >= 15 is 0 Å². The summed E-state index contributed by atoms with van der Waals surface area (Å²) in [4.78, 5) is 50.8. The number of carbonyl (C=O) groups is 4. The van der Waals surface area contributed by atoms with Gasteiger partial charge in [-0.3, -0.25) is 14.4 Å². The molecule has 0 aliphatic carbocycles. The molecule has 3 aromatic carbocycles. The van der Waals surface area contributed by atoms with Crippen LogP contribution in [0.15, 0.2) is 72.8 Å². The average Bonchev–Trinajstić information content (AvgIpc) is 3.03. The van der Waals surface area contributed by atoms with Crippen molar-refractivity contribution in [1.82, 2.24) is 0 Å². The number of rotatable bonds is 5. The highest BCUT2D eigenvalue weighted by atomic mass is 35.5. The van der Waals surface area contributed by atoms with E-state index in [1.807, 2.05) is 0 Å². The van der Waals surface area contributed by atoms with E-state index in [2.05, 4.69) is 0 Å². The molecule has 0 saturated carbocycles. The van der Waals surface area contributed by atoms with Crippen LogP contribution in [-0.2, 0) is 4.74 Å². The summed E-state index contributed by atoms with van der Waals surface area (Å²) in [6.07, 6.45) is 0. The van der Waals surface area contributed by atoms with Crippen LogP contribution in [0.4, 0.5) is 5.69 Å². The third-order valence-corrected chi connectivity index (χ3v) is 4.89. The van der Waals surface area contributed by atoms with E-state index in [1.165, 1.54) is 18.2 Å². The quantitative estimate of drug-likeness (QED) is 0.352. The maximum atomic E-state index is 12.6. The minimum atomic E-state index is -0.740. The van der Waals surface area contributed by atoms with Crippen molar-refractivity contribution >= 4 is 40.9 Å². The fourth-order valence-electron chi connectivity index (χ4n) is 3.13. The molecule has 3 aromatic rings. The summed E-state index contributed by atoms with van der Waals surface area (Å²) in [5.74, 6) is -2.04. The lowest BCUT2D eigenvalue weighted by atomic mass is 10.1. The average molecular weight is 420 g/mol. The number of imide groups is 1. The second kappa shape index (κ2) is 7.93. The molecule has 0 unspecified atom stereocenters. The highest BCUT2D eigenvalue weighted by Crippen LogP contribution is 2.28. The summed E-state index contributed by atoms with van der Waals surface area (Å²) in [5, 5.41) is 0.494. The van der Waals surface area contributed by atoms with Crippen molar-refractivity contribution in [2.45, 2.75) is 0 Å². The molecule has 0 atom stereocenters. The highest BCUT2D eigenvalue weighted by Gasteiger charge is 2.36. The molecule has 0 aromatic heterocycles. The first-order chi connectivity index (χ1) is 14.5. The van der Waals surface area contributed by atoms with Gasteiger partial charge in [0.05, 0.1) is 22.4 Å². The van der Waals surface area contributed by atoms with Gasteiger partial charge >= 0.3 is 5.97 Å². The van der Waals surface area contributed by atoms with Gasteiger partial charge in [-0.15, -0.1) is 0 Å². The zero-order valence-corrected chi connectivity index (χ0v) is 16.3. The first-order valence-electron chi connectivity index (χ1n) is 8.99. The Morgan fingerprint density at radius 2 is 1.43 bits per heavy atom. The van der Waals surface area contributed by atoms with E-state index in [1.54, 1.807) is 54.6 Å². The molecule has 0 radical (unpaired) electrons. The van der Waals surface area contributed by atoms with Gasteiger partial charge in [0.1, 0.15) is 0 Å². The van der Waals surface area contributed by atoms with Gasteiger partial charge in [-0.1, -0.05) is 29.8 Å². The van der Waals surface area contributed by atoms with Gasteiger partial charge in [-0.05, 0) is 54.6 Å². The summed E-state index contributed by atoms with van der Waals surface area (Å²) in [6.45, 7) is -0.447. The molecule has 30 heavy (non-hydrogen) atoms. The van der Waals surface area contributed by atoms with Crippen LogP contribution < -0.4 is 4.90 Å². The fraction of sp³-hybridized carbons (Fsp3) is 0.0435. The normalized spacial score (nSPS) is 12.6. The maximum absolute atomic E-state index is 12.6. The molecular formula is C23H14ClNO5. The smallest absolute Gasteiger partial charge is 0.338 e. The van der Waals surface area contributed by atoms with Crippen LogP contribution in [-0.4, -0.2) is 30.2 Å². The molecule has 0 spiro atoms. The number of hydrogen-bond donors (Lipinski definition) is 0. The summed E-state index contributed by atoms with van der Waals surface area (Å²) in [7, 11) is 0. The number of halogens is 1. The Morgan fingerprint density at radius 1 is 0.800 bits per heavy atom. The first kappa shape index (κ1) is 19.5. The van der Waals surface area contributed by atoms with E-state index < -0.39 is 24.4 Å². The maximum Gasteiger partial charge on any atom is 0.338 e. The van der Waals surface area contributed by atoms with Crippen molar-refractivity contribution in [3.8, 4) is 0 Å². The number of ether oxygens (including phenoxy) is 1. The molecule has 0 fully saturated rings. The molecule has 1 aliphatic rings. The third kappa shape index (κ3) is 3.60. The second-order valence-corrected chi connectivity index (χ2v) is 6.98. The highest BCUT2D eigenvalue weighted by molar-refractivity contribution is 6.34. The standard InChI is InChI=1S/C23H14ClNO5/c24-16-10-8-14(9-11-16)20(26)13-30-23(29)15-4-3-5-17(12-15)25-21(27)18-6-1-2-7-19(18)22(25)28/h1-12H,13H2. The van der Waals surface area contributed by atoms with Crippen LogP contribution in [0.2, 0.25) is 5.02 Å². The molecule has 4 rings (SSSR count). The van der Waals surface area contributed by atoms with E-state index in [-0.39, 0.29) is 17.0 Å². The first-order valence-corrected chi connectivity index (χ1v) is 9.37. The number of fused-ring (bicyclic) bond motifs is 1. The molecule has 0 bridgehead atoms. The monoisotopic (exact) mass is 419 g/mol. The molecule has 1 aliphatic heterocycles. The molecular weight excluding hydrogens is 406 g/mol. The SMILES string of the molecule is O=C(COC(=O)c1cccc(N2C(=O)c3ccccc3C2=O)c1)c1ccc(Cl)cc1. The van der Waals surface area contributed by atoms with E-state index in [4.69, 9.17) is 16.3 Å². The number of Topliss-reactive ketones (excluding diaryl/α,β-unsaturated/α-hetero) is 1. The van der Waals surface area contributed by atoms with Crippen LogP contribution in [0.25, 0.3) is 0 Å². The van der Waals surface area contributed by atoms with Gasteiger partial charge in [0.2, 0.25) is 0 Å². The summed E-state index contributed by atoms with van der Waals surface area (Å²) < 4.78 is 5.10. The fourth-order valence-corrected chi connectivity index (χ4v) is 3.26. The molecule has 7 heteroatoms. The van der Waals surface area contributed by atoms with E-state index in [0.717, 1.165) is 4.90 Å². The van der Waals surface area contributed by atoms with Gasteiger partial charge in [0, 0.05) is 10.6 Å². The second-order valence-electron chi connectivity index (χ2n) is 6.55. The number of amides is 2. The van der Waals surface area contributed by atoms with E-state index in [0.29, 0.717) is 21.7 Å².